The van der Waals surface area contributed by atoms with E-state index in [-0.39, 0.29) is 19.0 Å². The highest BCUT2D eigenvalue weighted by Gasteiger charge is 2.03. The minimum absolute atomic E-state index is 0.0111. The minimum Gasteiger partial charge on any atom is -0.324 e. The number of hydrogen-bond acceptors (Lipinski definition) is 3. The van der Waals surface area contributed by atoms with Crippen LogP contribution in [0.2, 0.25) is 0 Å². The number of carbonyl (C=O) groups is 1. The molecular formula is C10H12FNOS. The first-order chi connectivity index (χ1) is 6.77. The van der Waals surface area contributed by atoms with Gasteiger partial charge in [0.1, 0.15) is 0 Å². The Balaban J connectivity index is 2.73. The molecule has 14 heavy (non-hydrogen) atoms. The van der Waals surface area contributed by atoms with Gasteiger partial charge in [-0.1, -0.05) is 12.1 Å². The van der Waals surface area contributed by atoms with Crippen LogP contribution < -0.4 is 5.73 Å². The lowest BCUT2D eigenvalue weighted by Crippen LogP contribution is -2.13. The van der Waals surface area contributed by atoms with Crippen molar-refractivity contribution in [1.82, 2.24) is 0 Å². The molecule has 0 unspecified atom stereocenters. The summed E-state index contributed by atoms with van der Waals surface area (Å²) in [6.45, 7) is -0.350. The molecule has 0 aliphatic rings. The number of hydrogen-bond donors (Lipinski definition) is 1. The van der Waals surface area contributed by atoms with E-state index in [1.807, 2.05) is 6.07 Å². The molecule has 0 heterocycles. The first-order valence-electron chi connectivity index (χ1n) is 4.30. The molecule has 76 valence electrons. The van der Waals surface area contributed by atoms with Gasteiger partial charge in [0.05, 0.1) is 13.2 Å². The van der Waals surface area contributed by atoms with Crippen molar-refractivity contribution in [3.63, 3.8) is 0 Å². The van der Waals surface area contributed by atoms with E-state index in [9.17, 15) is 9.18 Å². The quantitative estimate of drug-likeness (QED) is 0.600. The third-order valence-corrected chi connectivity index (χ3v) is 2.63. The third kappa shape index (κ3) is 3.12. The van der Waals surface area contributed by atoms with E-state index in [2.05, 4.69) is 0 Å². The van der Waals surface area contributed by atoms with Crippen LogP contribution in [0.1, 0.15) is 10.4 Å². The van der Waals surface area contributed by atoms with E-state index in [1.165, 1.54) is 11.8 Å². The lowest BCUT2D eigenvalue weighted by Gasteiger charge is -2.01. The zero-order valence-corrected chi connectivity index (χ0v) is 8.52. The van der Waals surface area contributed by atoms with E-state index in [1.54, 1.807) is 18.2 Å². The fraction of sp³-hybridized carbons (Fsp3) is 0.300. The van der Waals surface area contributed by atoms with Crippen molar-refractivity contribution in [3.8, 4) is 0 Å². The van der Waals surface area contributed by atoms with E-state index in [4.69, 9.17) is 5.73 Å². The van der Waals surface area contributed by atoms with Crippen molar-refractivity contribution < 1.29 is 9.18 Å². The van der Waals surface area contributed by atoms with Gasteiger partial charge < -0.3 is 5.73 Å². The average Bonchev–Trinajstić information content (AvgIpc) is 2.25. The van der Waals surface area contributed by atoms with Crippen LogP contribution in [-0.2, 0) is 0 Å². The molecule has 0 bridgehead atoms. The van der Waals surface area contributed by atoms with Gasteiger partial charge >= 0.3 is 0 Å². The Hall–Kier alpha value is -0.870. The van der Waals surface area contributed by atoms with Crippen LogP contribution in [0.4, 0.5) is 4.39 Å². The number of Topliss-reactive ketones (excluding diaryl/α,β-unsaturated/α-hetero) is 1. The fourth-order valence-electron chi connectivity index (χ4n) is 1.03. The molecule has 0 spiro atoms. The number of alkyl halides is 1. The third-order valence-electron chi connectivity index (χ3n) is 1.69. The molecule has 0 radical (unpaired) electrons. The van der Waals surface area contributed by atoms with Gasteiger partial charge in [0, 0.05) is 16.2 Å². The van der Waals surface area contributed by atoms with Crippen molar-refractivity contribution in [3.05, 3.63) is 29.8 Å². The summed E-state index contributed by atoms with van der Waals surface area (Å²) in [5, 5.41) is 0. The molecule has 1 rings (SSSR count). The van der Waals surface area contributed by atoms with Crippen LogP contribution in [0.25, 0.3) is 0 Å². The van der Waals surface area contributed by atoms with Crippen molar-refractivity contribution in [1.29, 1.82) is 0 Å². The summed E-state index contributed by atoms with van der Waals surface area (Å²) in [7, 11) is 0. The van der Waals surface area contributed by atoms with Gasteiger partial charge in [-0.3, -0.25) is 9.18 Å². The van der Waals surface area contributed by atoms with E-state index >= 15 is 0 Å². The number of carbonyl (C=O) groups excluding carboxylic acids is 1. The molecule has 0 atom stereocenters. The van der Waals surface area contributed by atoms with E-state index in [0.29, 0.717) is 11.3 Å². The molecule has 2 nitrogen and oxygen atoms in total. The van der Waals surface area contributed by atoms with Crippen molar-refractivity contribution in [2.75, 3.05) is 19.0 Å². The van der Waals surface area contributed by atoms with Crippen LogP contribution in [0, 0.1) is 0 Å². The predicted octanol–water partition coefficient (Wildman–Crippen LogP) is 1.89. The summed E-state index contributed by atoms with van der Waals surface area (Å²) in [5.74, 6) is 0.327. The SMILES string of the molecule is NCC(=O)c1cccc(SCCF)c1. The standard InChI is InChI=1S/C10H12FNOS/c11-4-5-14-9-3-1-2-8(6-9)10(13)7-12/h1-3,6H,4-5,7,12H2. The first kappa shape index (κ1) is 11.2. The lowest BCUT2D eigenvalue weighted by molar-refractivity contribution is 0.100. The number of halogens is 1. The van der Waals surface area contributed by atoms with Gasteiger partial charge in [-0.15, -0.1) is 11.8 Å². The Kier molecular flexibility index (Phi) is 4.62. The summed E-state index contributed by atoms with van der Waals surface area (Å²) in [4.78, 5) is 12.1. The van der Waals surface area contributed by atoms with Crippen LogP contribution >= 0.6 is 11.8 Å². The lowest BCUT2D eigenvalue weighted by atomic mass is 10.1. The molecule has 0 aromatic heterocycles. The fourth-order valence-corrected chi connectivity index (χ4v) is 1.73. The predicted molar refractivity (Wildman–Crippen MR) is 56.5 cm³/mol. The molecule has 4 heteroatoms. The number of ketones is 1. The normalized spacial score (nSPS) is 10.1. The van der Waals surface area contributed by atoms with Gasteiger partial charge in [-0.25, -0.2) is 0 Å². The molecule has 0 saturated heterocycles. The van der Waals surface area contributed by atoms with Crippen molar-refractivity contribution >= 4 is 17.5 Å². The topological polar surface area (TPSA) is 43.1 Å². The summed E-state index contributed by atoms with van der Waals surface area (Å²) in [5.41, 5.74) is 5.83. The monoisotopic (exact) mass is 213 g/mol. The van der Waals surface area contributed by atoms with Crippen molar-refractivity contribution in [2.24, 2.45) is 5.73 Å². The molecule has 1 aromatic carbocycles. The summed E-state index contributed by atoms with van der Waals surface area (Å²) in [6, 6.07) is 7.10. The number of rotatable bonds is 5. The first-order valence-corrected chi connectivity index (χ1v) is 5.28. The highest BCUT2D eigenvalue weighted by molar-refractivity contribution is 7.99. The zero-order valence-electron chi connectivity index (χ0n) is 7.70. The largest absolute Gasteiger partial charge is 0.324 e. The van der Waals surface area contributed by atoms with Gasteiger partial charge in [-0.05, 0) is 12.1 Å². The zero-order chi connectivity index (χ0) is 10.4. The second kappa shape index (κ2) is 5.78. The van der Waals surface area contributed by atoms with Crippen LogP contribution in [0.5, 0.6) is 0 Å². The maximum Gasteiger partial charge on any atom is 0.176 e. The molecule has 2 N–H and O–H groups in total. The molecule has 0 amide bonds. The molecule has 0 aliphatic heterocycles. The average molecular weight is 213 g/mol. The number of benzene rings is 1. The Morgan fingerprint density at radius 3 is 2.93 bits per heavy atom. The van der Waals surface area contributed by atoms with E-state index < -0.39 is 0 Å². The highest BCUT2D eigenvalue weighted by Crippen LogP contribution is 2.18. The summed E-state index contributed by atoms with van der Waals surface area (Å²) in [6.07, 6.45) is 0. The smallest absolute Gasteiger partial charge is 0.176 e. The number of thioether (sulfide) groups is 1. The molecule has 1 aromatic rings. The second-order valence-electron chi connectivity index (χ2n) is 2.69. The summed E-state index contributed by atoms with van der Waals surface area (Å²) >= 11 is 1.39. The van der Waals surface area contributed by atoms with Gasteiger partial charge in [0.25, 0.3) is 0 Å². The Bertz CT molecular complexity index is 317. The Morgan fingerprint density at radius 2 is 2.29 bits per heavy atom. The van der Waals surface area contributed by atoms with Crippen LogP contribution in [0.3, 0.4) is 0 Å². The van der Waals surface area contributed by atoms with Crippen LogP contribution in [0.15, 0.2) is 29.2 Å². The van der Waals surface area contributed by atoms with Gasteiger partial charge in [0.2, 0.25) is 0 Å². The maximum atomic E-state index is 11.9. The van der Waals surface area contributed by atoms with Gasteiger partial charge in [0.15, 0.2) is 5.78 Å². The van der Waals surface area contributed by atoms with Crippen LogP contribution in [-0.4, -0.2) is 24.8 Å². The Labute approximate surface area is 86.7 Å². The maximum absolute atomic E-state index is 11.9. The summed E-state index contributed by atoms with van der Waals surface area (Å²) < 4.78 is 11.9. The second-order valence-corrected chi connectivity index (χ2v) is 3.86. The molecule has 0 saturated carbocycles. The number of nitrogens with two attached hydrogens (primary N) is 1. The van der Waals surface area contributed by atoms with E-state index in [0.717, 1.165) is 4.90 Å². The molecule has 0 fully saturated rings. The van der Waals surface area contributed by atoms with Gasteiger partial charge in [-0.2, -0.15) is 0 Å². The Morgan fingerprint density at radius 1 is 1.50 bits per heavy atom. The minimum atomic E-state index is -0.361. The highest BCUT2D eigenvalue weighted by atomic mass is 32.2. The molecular weight excluding hydrogens is 201 g/mol. The molecule has 0 aliphatic carbocycles. The van der Waals surface area contributed by atoms with Crippen molar-refractivity contribution in [2.45, 2.75) is 4.90 Å².